The molecule has 5 fully saturated rings. The summed E-state index contributed by atoms with van der Waals surface area (Å²) in [6.07, 6.45) is 15.6. The number of methoxy groups -OCH3 is 6. The van der Waals surface area contributed by atoms with Gasteiger partial charge in [0.2, 0.25) is 29.5 Å². The summed E-state index contributed by atoms with van der Waals surface area (Å²) in [4.78, 5) is 214. The summed E-state index contributed by atoms with van der Waals surface area (Å²) in [7, 11) is 7.20. The van der Waals surface area contributed by atoms with Gasteiger partial charge in [0.25, 0.3) is 11.8 Å². The average molecular weight is 1730 g/mol. The Balaban J connectivity index is 0.00000143. The molecule has 5 heterocycles. The van der Waals surface area contributed by atoms with Crippen LogP contribution in [-0.4, -0.2) is 321 Å². The number of hydrogen-bond acceptors (Lipinski definition) is 38. The number of allylic oxidation sites excluding steroid dienone is 1. The van der Waals surface area contributed by atoms with Crippen LogP contribution >= 0.6 is 0 Å². The fourth-order valence-corrected chi connectivity index (χ4v) is 9.07. The summed E-state index contributed by atoms with van der Waals surface area (Å²) < 4.78 is 74.1. The molecule has 2 unspecified atom stereocenters. The highest BCUT2D eigenvalue weighted by molar-refractivity contribution is 5.95. The minimum atomic E-state index is -1.13. The molecule has 0 radical (unpaired) electrons. The molecule has 0 aromatic heterocycles. The maximum atomic E-state index is 11.9. The summed E-state index contributed by atoms with van der Waals surface area (Å²) >= 11 is 0. The maximum Gasteiger partial charge on any atom is 0.331 e. The van der Waals surface area contributed by atoms with E-state index >= 15 is 0 Å². The number of carbonyl (C=O) groups is 19. The van der Waals surface area contributed by atoms with E-state index < -0.39 is 107 Å². The molecule has 0 spiro atoms. The van der Waals surface area contributed by atoms with E-state index in [1.54, 1.807) is 13.8 Å². The predicted molar refractivity (Wildman–Crippen MR) is 414 cm³/mol. The molecule has 0 saturated carbocycles. The first-order valence-corrected chi connectivity index (χ1v) is 37.4. The molecular weight excluding hydrogens is 1610 g/mol. The van der Waals surface area contributed by atoms with E-state index in [1.807, 2.05) is 6.92 Å². The Labute approximate surface area is 697 Å². The van der Waals surface area contributed by atoms with Crippen molar-refractivity contribution in [2.45, 2.75) is 115 Å². The van der Waals surface area contributed by atoms with Crippen LogP contribution in [0.15, 0.2) is 85.2 Å². The van der Waals surface area contributed by atoms with Crippen molar-refractivity contribution >= 4 is 113 Å². The van der Waals surface area contributed by atoms with E-state index in [-0.39, 0.29) is 153 Å². The minimum absolute atomic E-state index is 0.0103. The lowest BCUT2D eigenvalue weighted by Crippen LogP contribution is -2.47. The van der Waals surface area contributed by atoms with Crippen LogP contribution in [0.1, 0.15) is 79.1 Å². The van der Waals surface area contributed by atoms with E-state index in [0.717, 1.165) is 117 Å². The van der Waals surface area contributed by atoms with E-state index in [1.165, 1.54) is 54.5 Å². The van der Waals surface area contributed by atoms with Crippen molar-refractivity contribution in [1.29, 1.82) is 0 Å². The molecule has 0 bridgehead atoms. The topological polar surface area (TPSA) is 592 Å². The molecule has 5 saturated heterocycles. The van der Waals surface area contributed by atoms with E-state index in [4.69, 9.17) is 47.4 Å². The van der Waals surface area contributed by atoms with Gasteiger partial charge in [0.05, 0.1) is 101 Å². The number of hydrogen-bond donors (Lipinski definition) is 9. The van der Waals surface area contributed by atoms with Gasteiger partial charge in [0.15, 0.2) is 12.2 Å². The average Bonchev–Trinajstić information content (AvgIpc) is 1.73. The van der Waals surface area contributed by atoms with Gasteiger partial charge in [0.1, 0.15) is 71.4 Å². The second-order valence-electron chi connectivity index (χ2n) is 25.1. The van der Waals surface area contributed by atoms with Crippen molar-refractivity contribution in [1.82, 2.24) is 47.4 Å². The van der Waals surface area contributed by atoms with Crippen molar-refractivity contribution in [2.75, 3.05) is 161 Å². The Kier molecular flexibility index (Phi) is 58.9. The van der Waals surface area contributed by atoms with Gasteiger partial charge in [-0.2, -0.15) is 0 Å². The lowest BCUT2D eigenvalue weighted by Gasteiger charge is -2.28. The SMILES string of the molecule is C=C1CCC(C(=O)NCCOC(=O)/C=C/C(=O)OC)N1.CCC(C)(C)[C@H](O)C(=O)NCCOC(=O)/C=C/C(=O)OC.COC(=O)/C=C/C(=O)OCCNC(=O)C1CCCCN1.COC(=O)/C=C/C(=O)OCCNC(=O)[C@@H]1CCCN1C(C)=O.COC(=O)/C=C/C(=O)OCCNC(=O)[C@@H]1COCO1.COC(=O)/C=C/C(=O)OCCNC(=O)[C@H]1COCO1. The first-order chi connectivity index (χ1) is 57.6. The zero-order valence-electron chi connectivity index (χ0n) is 69.2. The van der Waals surface area contributed by atoms with Gasteiger partial charge in [-0.05, 0) is 56.9 Å². The van der Waals surface area contributed by atoms with Gasteiger partial charge < -0.3 is 128 Å². The normalized spacial score (nSPS) is 17.1. The Morgan fingerprint density at radius 1 is 0.438 bits per heavy atom. The van der Waals surface area contributed by atoms with Crippen LogP contribution in [-0.2, 0) is 167 Å². The monoisotopic (exact) mass is 1730 g/mol. The van der Waals surface area contributed by atoms with Gasteiger partial charge >= 0.3 is 71.6 Å². The zero-order valence-corrected chi connectivity index (χ0v) is 69.2. The smallest absolute Gasteiger partial charge is 0.331 e. The molecule has 9 N–H and O–H groups in total. The van der Waals surface area contributed by atoms with Gasteiger partial charge in [0, 0.05) is 92.1 Å². The first kappa shape index (κ1) is 109. The largest absolute Gasteiger partial charge is 0.466 e. The van der Waals surface area contributed by atoms with E-state index in [0.29, 0.717) is 25.8 Å². The van der Waals surface area contributed by atoms with Crippen LogP contribution in [0.4, 0.5) is 0 Å². The molecule has 5 aliphatic rings. The molecular formula is C76H111N9O36. The van der Waals surface area contributed by atoms with Gasteiger partial charge in [-0.15, -0.1) is 0 Å². The lowest BCUT2D eigenvalue weighted by atomic mass is 9.83. The predicted octanol–water partition coefficient (Wildman–Crippen LogP) is -3.79. The molecule has 7 amide bonds. The molecule has 45 heteroatoms. The second-order valence-corrected chi connectivity index (χ2v) is 25.1. The summed E-state index contributed by atoms with van der Waals surface area (Å²) in [6.45, 7) is 13.7. The fraction of sp³-hybridized carbons (Fsp3) is 0.566. The molecule has 0 aromatic rings. The quantitative estimate of drug-likeness (QED) is 0.0124. The number of nitrogens with one attached hydrogen (secondary N) is 8. The molecule has 121 heavy (non-hydrogen) atoms. The highest BCUT2D eigenvalue weighted by Gasteiger charge is 2.34. The van der Waals surface area contributed by atoms with Crippen molar-refractivity contribution in [3.8, 4) is 0 Å². The summed E-state index contributed by atoms with van der Waals surface area (Å²) in [6, 6.07) is -0.872. The summed E-state index contributed by atoms with van der Waals surface area (Å²) in [5, 5.41) is 31.4. The lowest BCUT2D eigenvalue weighted by molar-refractivity contribution is -0.140. The highest BCUT2D eigenvalue weighted by Crippen LogP contribution is 2.25. The van der Waals surface area contributed by atoms with Crippen LogP contribution in [0.3, 0.4) is 0 Å². The van der Waals surface area contributed by atoms with Crippen molar-refractivity contribution < 1.29 is 172 Å². The summed E-state index contributed by atoms with van der Waals surface area (Å²) in [5.74, 6) is -9.77. The number of aliphatic hydroxyl groups is 1. The third-order valence-corrected chi connectivity index (χ3v) is 16.0. The van der Waals surface area contributed by atoms with E-state index in [2.05, 4.69) is 77.5 Å². The van der Waals surface area contributed by atoms with Crippen molar-refractivity contribution in [3.63, 3.8) is 0 Å². The van der Waals surface area contributed by atoms with Crippen LogP contribution < -0.4 is 42.5 Å². The number of ether oxygens (including phenoxy) is 16. The molecule has 5 aliphatic heterocycles. The Hall–Kier alpha value is -12.3. The fourth-order valence-electron chi connectivity index (χ4n) is 9.07. The summed E-state index contributed by atoms with van der Waals surface area (Å²) in [5.41, 5.74) is 0.328. The van der Waals surface area contributed by atoms with Gasteiger partial charge in [-0.1, -0.05) is 33.8 Å². The number of likely N-dealkylation sites (tertiary alicyclic amines) is 1. The number of esters is 12. The van der Waals surface area contributed by atoms with E-state index in [9.17, 15) is 96.2 Å². The molecule has 6 atom stereocenters. The van der Waals surface area contributed by atoms with Crippen LogP contribution in [0.25, 0.3) is 0 Å². The molecule has 0 aromatic carbocycles. The second kappa shape index (κ2) is 65.6. The number of piperidine rings is 1. The maximum absolute atomic E-state index is 11.9. The highest BCUT2D eigenvalue weighted by atomic mass is 16.7. The van der Waals surface area contributed by atoms with Crippen LogP contribution in [0.5, 0.6) is 0 Å². The molecule has 45 nitrogen and oxygen atoms in total. The number of amides is 7. The standard InChI is InChI=1S/C14H20N2O6.C14H23NO6.C13H18N2O5.C13H20N2O5.2C11H15NO7/c1-10(17)16-8-3-4-11(16)14(20)15-7-9-22-13(19)6-5-12(18)21-2;1-5-14(2,3)12(18)13(19)15-8-9-21-11(17)7-6-10(16)20-4;1-9-3-4-10(15-9)13(18)14-7-8-20-12(17)6-5-11(16)19-2;1-19-11(16)5-6-12(17)20-9-8-15-13(18)10-4-2-3-7-14-10;2*1-16-9(13)2-3-10(14)18-5-4-12-11(15)8-6-17-7-19-8/h5-6,11H,3-4,7-9H2,1-2H3,(H,15,20);6-7,12,18H,5,8-9H2,1-4H3,(H,15,19);5-6,10,15H,1,3-4,7-8H2,2H3,(H,14,18);5-6,10,14H,2-4,7-9H2,1H3,(H,15,18);2*2-3,8H,4-7H2,1H3,(H,12,15)/b6-5+;7-6+;2*6-5+;2*3-2+/t11-;12-;;;2*8-/m01..10/s1. The Bertz CT molecular complexity index is 3500. The van der Waals surface area contributed by atoms with Crippen LogP contribution in [0, 0.1) is 5.41 Å². The molecule has 676 valence electrons. The van der Waals surface area contributed by atoms with Crippen molar-refractivity contribution in [3.05, 3.63) is 85.2 Å². The number of rotatable bonds is 38. The van der Waals surface area contributed by atoms with Gasteiger partial charge in [-0.25, -0.2) is 57.5 Å². The van der Waals surface area contributed by atoms with Crippen molar-refractivity contribution in [2.24, 2.45) is 5.41 Å². The third kappa shape index (κ3) is 53.7. The third-order valence-electron chi connectivity index (χ3n) is 16.0. The molecule has 0 aliphatic carbocycles. The zero-order chi connectivity index (χ0) is 90.9. The van der Waals surface area contributed by atoms with Gasteiger partial charge in [-0.3, -0.25) is 33.6 Å². The number of carbonyl (C=O) groups excluding carboxylic acids is 19. The minimum Gasteiger partial charge on any atom is -0.466 e. The molecule has 5 rings (SSSR count). The number of aliphatic hydroxyl groups excluding tert-OH is 1. The Morgan fingerprint density at radius 3 is 1.03 bits per heavy atom. The first-order valence-electron chi connectivity index (χ1n) is 37.4. The number of nitrogens with zero attached hydrogens (tertiary/aromatic N) is 1. The van der Waals surface area contributed by atoms with Crippen LogP contribution in [0.2, 0.25) is 0 Å². The Morgan fingerprint density at radius 2 is 0.752 bits per heavy atom.